The van der Waals surface area contributed by atoms with Gasteiger partial charge in [0.1, 0.15) is 12.1 Å². The van der Waals surface area contributed by atoms with Crippen LogP contribution in [-0.2, 0) is 13.2 Å². The number of hydrogen-bond donors (Lipinski definition) is 0. The Kier molecular flexibility index (Phi) is 5.93. The van der Waals surface area contributed by atoms with Gasteiger partial charge in [0.2, 0.25) is 5.89 Å². The molecule has 0 radical (unpaired) electrons. The maximum Gasteiger partial charge on any atom is 0.275 e. The number of amides is 1. The smallest absolute Gasteiger partial charge is 0.275 e. The number of carbonyl (C=O) groups excluding carboxylic acids is 1. The van der Waals surface area contributed by atoms with Crippen molar-refractivity contribution in [2.45, 2.75) is 20.1 Å². The second kappa shape index (κ2) is 8.56. The van der Waals surface area contributed by atoms with E-state index in [1.54, 1.807) is 32.4 Å². The molecule has 0 saturated heterocycles. The van der Waals surface area contributed by atoms with Crippen LogP contribution in [0.3, 0.4) is 0 Å². The lowest BCUT2D eigenvalue weighted by molar-refractivity contribution is 0.0779. The molecule has 0 aliphatic heterocycles. The third-order valence-corrected chi connectivity index (χ3v) is 4.12. The summed E-state index contributed by atoms with van der Waals surface area (Å²) in [7, 11) is 3.22. The molecule has 3 rings (SSSR count). The van der Waals surface area contributed by atoms with Gasteiger partial charge in [-0.15, -0.1) is 0 Å². The van der Waals surface area contributed by atoms with E-state index < -0.39 is 0 Å². The third-order valence-electron chi connectivity index (χ3n) is 4.12. The highest BCUT2D eigenvalue weighted by atomic mass is 19.1. The Morgan fingerprint density at radius 2 is 1.93 bits per heavy atom. The number of aromatic nitrogens is 1. The van der Waals surface area contributed by atoms with E-state index in [0.717, 1.165) is 11.1 Å². The highest BCUT2D eigenvalue weighted by molar-refractivity contribution is 5.91. The van der Waals surface area contributed by atoms with Gasteiger partial charge in [-0.25, -0.2) is 9.37 Å². The molecule has 1 amide bonds. The monoisotopic (exact) mass is 384 g/mol. The lowest BCUT2D eigenvalue weighted by Gasteiger charge is -2.15. The molecule has 6 nitrogen and oxygen atoms in total. The van der Waals surface area contributed by atoms with Crippen LogP contribution < -0.4 is 9.47 Å². The van der Waals surface area contributed by atoms with Crippen molar-refractivity contribution >= 4 is 5.91 Å². The summed E-state index contributed by atoms with van der Waals surface area (Å²) in [5.41, 5.74) is 2.05. The average molecular weight is 384 g/mol. The summed E-state index contributed by atoms with van der Waals surface area (Å²) in [4.78, 5) is 18.2. The molecule has 1 aromatic heterocycles. The van der Waals surface area contributed by atoms with Gasteiger partial charge < -0.3 is 18.8 Å². The van der Waals surface area contributed by atoms with Crippen molar-refractivity contribution in [2.24, 2.45) is 0 Å². The second-order valence-corrected chi connectivity index (χ2v) is 6.36. The molecular formula is C21H21FN2O4. The zero-order valence-corrected chi connectivity index (χ0v) is 15.9. The molecular weight excluding hydrogens is 363 g/mol. The second-order valence-electron chi connectivity index (χ2n) is 6.36. The maximum atomic E-state index is 13.0. The molecule has 28 heavy (non-hydrogen) atoms. The van der Waals surface area contributed by atoms with E-state index in [9.17, 15) is 9.18 Å². The lowest BCUT2D eigenvalue weighted by Crippen LogP contribution is -2.26. The lowest BCUT2D eigenvalue weighted by atomic mass is 10.2. The molecule has 7 heteroatoms. The van der Waals surface area contributed by atoms with Crippen LogP contribution in [0.2, 0.25) is 0 Å². The predicted molar refractivity (Wildman–Crippen MR) is 101 cm³/mol. The van der Waals surface area contributed by atoms with Crippen molar-refractivity contribution in [1.29, 1.82) is 0 Å². The molecule has 0 aliphatic rings. The van der Waals surface area contributed by atoms with E-state index in [2.05, 4.69) is 4.98 Å². The van der Waals surface area contributed by atoms with Gasteiger partial charge in [0.25, 0.3) is 5.91 Å². The normalized spacial score (nSPS) is 10.6. The molecule has 146 valence electrons. The Bertz CT molecular complexity index is 953. The van der Waals surface area contributed by atoms with E-state index >= 15 is 0 Å². The number of halogens is 1. The predicted octanol–water partition coefficient (Wildman–Crippen LogP) is 3.98. The highest BCUT2D eigenvalue weighted by Crippen LogP contribution is 2.28. The van der Waals surface area contributed by atoms with E-state index in [0.29, 0.717) is 18.0 Å². The van der Waals surface area contributed by atoms with Crippen molar-refractivity contribution < 1.29 is 23.1 Å². The van der Waals surface area contributed by atoms with Crippen molar-refractivity contribution in [3.05, 3.63) is 77.3 Å². The number of carbonyl (C=O) groups is 1. The Labute approximate surface area is 162 Å². The van der Waals surface area contributed by atoms with Crippen LogP contribution in [-0.4, -0.2) is 29.9 Å². The largest absolute Gasteiger partial charge is 0.493 e. The fraction of sp³-hybridized carbons (Fsp3) is 0.238. The summed E-state index contributed by atoms with van der Waals surface area (Å²) in [6, 6.07) is 11.6. The van der Waals surface area contributed by atoms with Gasteiger partial charge in [-0.3, -0.25) is 4.79 Å². The number of oxazole rings is 1. The van der Waals surface area contributed by atoms with Gasteiger partial charge in [0.05, 0.1) is 7.11 Å². The molecule has 0 saturated carbocycles. The Hall–Kier alpha value is -3.35. The van der Waals surface area contributed by atoms with Crippen LogP contribution in [0.1, 0.15) is 27.5 Å². The summed E-state index contributed by atoms with van der Waals surface area (Å²) < 4.78 is 29.3. The molecule has 0 aliphatic carbocycles. The number of nitrogens with zero attached hydrogens (tertiary/aromatic N) is 2. The first-order valence-corrected chi connectivity index (χ1v) is 8.68. The van der Waals surface area contributed by atoms with Gasteiger partial charge in [0, 0.05) is 13.6 Å². The van der Waals surface area contributed by atoms with E-state index in [1.807, 2.05) is 19.1 Å². The van der Waals surface area contributed by atoms with Gasteiger partial charge >= 0.3 is 0 Å². The maximum absolute atomic E-state index is 13.0. The van der Waals surface area contributed by atoms with Gasteiger partial charge in [-0.2, -0.15) is 0 Å². The summed E-state index contributed by atoms with van der Waals surface area (Å²) in [6.45, 7) is 2.35. The summed E-state index contributed by atoms with van der Waals surface area (Å²) in [5.74, 6) is 0.840. The SMILES string of the molecule is COc1cc(C)ccc1OCc1nc(C(=O)N(C)Cc2ccc(F)cc2)co1. The number of aryl methyl sites for hydroxylation is 1. The van der Waals surface area contributed by atoms with Crippen molar-refractivity contribution in [1.82, 2.24) is 9.88 Å². The first-order valence-electron chi connectivity index (χ1n) is 8.68. The van der Waals surface area contributed by atoms with Gasteiger partial charge in [0.15, 0.2) is 23.8 Å². The summed E-state index contributed by atoms with van der Waals surface area (Å²) >= 11 is 0. The Morgan fingerprint density at radius 1 is 1.18 bits per heavy atom. The fourth-order valence-corrected chi connectivity index (χ4v) is 2.64. The molecule has 0 unspecified atom stereocenters. The van der Waals surface area contributed by atoms with E-state index in [1.165, 1.54) is 23.3 Å². The standard InChI is InChI=1S/C21H21FN2O4/c1-14-4-9-18(19(10-14)26-3)27-13-20-23-17(12-28-20)21(25)24(2)11-15-5-7-16(22)8-6-15/h4-10,12H,11,13H2,1-3H3. The first-order chi connectivity index (χ1) is 13.5. The minimum absolute atomic E-state index is 0.0639. The number of benzene rings is 2. The molecule has 0 spiro atoms. The first kappa shape index (κ1) is 19.4. The summed E-state index contributed by atoms with van der Waals surface area (Å²) in [6.07, 6.45) is 1.30. The van der Waals surface area contributed by atoms with Crippen molar-refractivity contribution in [3.8, 4) is 11.5 Å². The molecule has 0 fully saturated rings. The highest BCUT2D eigenvalue weighted by Gasteiger charge is 2.17. The molecule has 2 aromatic carbocycles. The topological polar surface area (TPSA) is 64.8 Å². The third kappa shape index (κ3) is 4.68. The van der Waals surface area contributed by atoms with Gasteiger partial charge in [-0.1, -0.05) is 18.2 Å². The number of methoxy groups -OCH3 is 1. The van der Waals surface area contributed by atoms with Gasteiger partial charge in [-0.05, 0) is 42.3 Å². The van der Waals surface area contributed by atoms with Crippen molar-refractivity contribution in [3.63, 3.8) is 0 Å². The molecule has 1 heterocycles. The zero-order chi connectivity index (χ0) is 20.1. The zero-order valence-electron chi connectivity index (χ0n) is 15.9. The van der Waals surface area contributed by atoms with Crippen LogP contribution in [0.4, 0.5) is 4.39 Å². The molecule has 0 atom stereocenters. The van der Waals surface area contributed by atoms with Crippen LogP contribution in [0.25, 0.3) is 0 Å². The van der Waals surface area contributed by atoms with Crippen LogP contribution in [0.15, 0.2) is 53.1 Å². The Morgan fingerprint density at radius 3 is 2.64 bits per heavy atom. The van der Waals surface area contributed by atoms with Crippen LogP contribution in [0.5, 0.6) is 11.5 Å². The minimum atomic E-state index is -0.316. The van der Waals surface area contributed by atoms with Crippen LogP contribution >= 0.6 is 0 Å². The average Bonchev–Trinajstić information content (AvgIpc) is 3.17. The number of rotatable bonds is 7. The molecule has 0 bridgehead atoms. The quantitative estimate of drug-likeness (QED) is 0.616. The van der Waals surface area contributed by atoms with E-state index in [4.69, 9.17) is 13.9 Å². The summed E-state index contributed by atoms with van der Waals surface area (Å²) in [5, 5.41) is 0. The minimum Gasteiger partial charge on any atom is -0.493 e. The van der Waals surface area contributed by atoms with Crippen molar-refractivity contribution in [2.75, 3.05) is 14.2 Å². The van der Waals surface area contributed by atoms with E-state index in [-0.39, 0.29) is 29.9 Å². The fourth-order valence-electron chi connectivity index (χ4n) is 2.64. The molecule has 3 aromatic rings. The number of hydrogen-bond acceptors (Lipinski definition) is 5. The number of ether oxygens (including phenoxy) is 2. The molecule has 0 N–H and O–H groups in total. The Balaban J connectivity index is 1.61. The van der Waals surface area contributed by atoms with Crippen LogP contribution in [0, 0.1) is 12.7 Å².